The van der Waals surface area contributed by atoms with Gasteiger partial charge < -0.3 is 10.6 Å². The molecule has 4 heteroatoms. The van der Waals surface area contributed by atoms with E-state index in [1.54, 1.807) is 0 Å². The topological polar surface area (TPSA) is 58.2 Å². The van der Waals surface area contributed by atoms with Crippen molar-refractivity contribution in [2.24, 2.45) is 11.8 Å². The van der Waals surface area contributed by atoms with Crippen LogP contribution < -0.4 is 10.6 Å². The van der Waals surface area contributed by atoms with Gasteiger partial charge in [0.1, 0.15) is 0 Å². The average molecular weight is 336 g/mol. The lowest BCUT2D eigenvalue weighted by molar-refractivity contribution is -0.122. The van der Waals surface area contributed by atoms with Crippen molar-refractivity contribution in [2.45, 2.75) is 34.1 Å². The van der Waals surface area contributed by atoms with E-state index in [1.165, 1.54) is 5.56 Å². The van der Waals surface area contributed by atoms with Gasteiger partial charge in [0.05, 0.1) is 11.8 Å². The summed E-state index contributed by atoms with van der Waals surface area (Å²) < 4.78 is 0. The lowest BCUT2D eigenvalue weighted by atomic mass is 10.1. The molecular weight excluding hydrogens is 312 g/mol. The fourth-order valence-electron chi connectivity index (χ4n) is 2.92. The van der Waals surface area contributed by atoms with E-state index in [9.17, 15) is 9.59 Å². The van der Waals surface area contributed by atoms with E-state index in [0.29, 0.717) is 6.42 Å². The highest BCUT2D eigenvalue weighted by atomic mass is 16.2. The van der Waals surface area contributed by atoms with Crippen molar-refractivity contribution in [3.05, 3.63) is 58.7 Å². The Morgan fingerprint density at radius 2 is 1.44 bits per heavy atom. The summed E-state index contributed by atoms with van der Waals surface area (Å²) in [6, 6.07) is 11.8. The standard InChI is InChI=1S/C21H24N2O2/c1-12-5-6-14(3)19(9-12)23-21(25)18-11-17(18)20(24)22-16-8-7-13(2)15(4)10-16/h5-10,17-18H,11H2,1-4H3,(H,22,24)(H,23,25). The van der Waals surface area contributed by atoms with Crippen LogP contribution in [0.15, 0.2) is 36.4 Å². The Morgan fingerprint density at radius 1 is 0.800 bits per heavy atom. The highest BCUT2D eigenvalue weighted by Gasteiger charge is 2.48. The van der Waals surface area contributed by atoms with Gasteiger partial charge in [-0.15, -0.1) is 0 Å². The third kappa shape index (κ3) is 3.90. The summed E-state index contributed by atoms with van der Waals surface area (Å²) in [6.45, 7) is 8.01. The van der Waals surface area contributed by atoms with Crippen LogP contribution in [0.2, 0.25) is 0 Å². The van der Waals surface area contributed by atoms with Crippen LogP contribution in [0.4, 0.5) is 11.4 Å². The minimum absolute atomic E-state index is 0.0751. The average Bonchev–Trinajstić information content (AvgIpc) is 3.35. The van der Waals surface area contributed by atoms with Gasteiger partial charge in [-0.25, -0.2) is 0 Å². The molecule has 2 N–H and O–H groups in total. The third-order valence-electron chi connectivity index (χ3n) is 4.89. The van der Waals surface area contributed by atoms with Gasteiger partial charge in [-0.1, -0.05) is 18.2 Å². The van der Waals surface area contributed by atoms with Crippen LogP contribution in [0.25, 0.3) is 0 Å². The summed E-state index contributed by atoms with van der Waals surface area (Å²) in [4.78, 5) is 24.8. The molecule has 130 valence electrons. The van der Waals surface area contributed by atoms with Gasteiger partial charge in [-0.2, -0.15) is 0 Å². The summed E-state index contributed by atoms with van der Waals surface area (Å²) in [7, 11) is 0. The molecule has 0 aliphatic heterocycles. The van der Waals surface area contributed by atoms with Gasteiger partial charge >= 0.3 is 0 Å². The molecule has 0 bridgehead atoms. The third-order valence-corrected chi connectivity index (χ3v) is 4.89. The molecular formula is C21H24N2O2. The number of hydrogen-bond donors (Lipinski definition) is 2. The largest absolute Gasteiger partial charge is 0.326 e. The molecule has 2 aromatic carbocycles. The molecule has 0 saturated heterocycles. The van der Waals surface area contributed by atoms with E-state index >= 15 is 0 Å². The van der Waals surface area contributed by atoms with Gasteiger partial charge in [0.25, 0.3) is 0 Å². The first-order chi connectivity index (χ1) is 11.8. The lowest BCUT2D eigenvalue weighted by Gasteiger charge is -2.10. The van der Waals surface area contributed by atoms with Crippen LogP contribution >= 0.6 is 0 Å². The van der Waals surface area contributed by atoms with Crippen molar-refractivity contribution in [1.29, 1.82) is 0 Å². The maximum Gasteiger partial charge on any atom is 0.228 e. The lowest BCUT2D eigenvalue weighted by Crippen LogP contribution is -2.21. The maximum absolute atomic E-state index is 12.4. The molecule has 1 aliphatic carbocycles. The SMILES string of the molecule is Cc1ccc(C)c(NC(=O)C2CC2C(=O)Nc2ccc(C)c(C)c2)c1. The number of carbonyl (C=O) groups is 2. The summed E-state index contributed by atoms with van der Waals surface area (Å²) in [5.41, 5.74) is 6.06. The van der Waals surface area contributed by atoms with Crippen molar-refractivity contribution in [3.8, 4) is 0 Å². The number of aryl methyl sites for hydroxylation is 4. The number of anilines is 2. The van der Waals surface area contributed by atoms with E-state index in [1.807, 2.05) is 64.1 Å². The van der Waals surface area contributed by atoms with Crippen LogP contribution in [0, 0.1) is 39.5 Å². The Bertz CT molecular complexity index is 842. The maximum atomic E-state index is 12.4. The van der Waals surface area contributed by atoms with E-state index in [-0.39, 0.29) is 23.7 Å². The van der Waals surface area contributed by atoms with Gasteiger partial charge in [-0.3, -0.25) is 9.59 Å². The zero-order valence-electron chi connectivity index (χ0n) is 15.1. The molecule has 3 rings (SSSR count). The smallest absolute Gasteiger partial charge is 0.228 e. The van der Waals surface area contributed by atoms with Crippen LogP contribution in [0.3, 0.4) is 0 Å². The Labute approximate surface area is 148 Å². The molecule has 1 saturated carbocycles. The second-order valence-corrected chi connectivity index (χ2v) is 7.04. The molecule has 4 nitrogen and oxygen atoms in total. The molecule has 2 amide bonds. The van der Waals surface area contributed by atoms with E-state index in [2.05, 4.69) is 10.6 Å². The molecule has 0 heterocycles. The van der Waals surface area contributed by atoms with Crippen molar-refractivity contribution >= 4 is 23.2 Å². The summed E-state index contributed by atoms with van der Waals surface area (Å²) in [5, 5.41) is 5.88. The van der Waals surface area contributed by atoms with Gasteiger partial charge in [0, 0.05) is 11.4 Å². The number of benzene rings is 2. The molecule has 1 fully saturated rings. The Kier molecular flexibility index (Phi) is 4.62. The molecule has 0 spiro atoms. The van der Waals surface area contributed by atoms with Crippen LogP contribution in [0.5, 0.6) is 0 Å². The van der Waals surface area contributed by atoms with Gasteiger partial charge in [-0.05, 0) is 74.6 Å². The van der Waals surface area contributed by atoms with Gasteiger partial charge in [0.15, 0.2) is 0 Å². The minimum Gasteiger partial charge on any atom is -0.326 e. The van der Waals surface area contributed by atoms with Crippen molar-refractivity contribution in [3.63, 3.8) is 0 Å². The molecule has 2 unspecified atom stereocenters. The second kappa shape index (κ2) is 6.71. The number of rotatable bonds is 4. The predicted molar refractivity (Wildman–Crippen MR) is 101 cm³/mol. The minimum atomic E-state index is -0.244. The fourth-order valence-corrected chi connectivity index (χ4v) is 2.92. The molecule has 0 aromatic heterocycles. The second-order valence-electron chi connectivity index (χ2n) is 7.04. The molecule has 2 atom stereocenters. The summed E-state index contributed by atoms with van der Waals surface area (Å²) in [5.74, 6) is -0.642. The van der Waals surface area contributed by atoms with Crippen molar-refractivity contribution in [2.75, 3.05) is 10.6 Å². The van der Waals surface area contributed by atoms with Crippen LogP contribution in [-0.4, -0.2) is 11.8 Å². The first-order valence-corrected chi connectivity index (χ1v) is 8.61. The highest BCUT2D eigenvalue weighted by molar-refractivity contribution is 6.03. The van der Waals surface area contributed by atoms with Crippen molar-refractivity contribution in [1.82, 2.24) is 0 Å². The number of nitrogens with one attached hydrogen (secondary N) is 2. The molecule has 0 radical (unpaired) electrons. The number of hydrogen-bond acceptors (Lipinski definition) is 2. The van der Waals surface area contributed by atoms with Gasteiger partial charge in [0.2, 0.25) is 11.8 Å². The quantitative estimate of drug-likeness (QED) is 0.882. The molecule has 25 heavy (non-hydrogen) atoms. The zero-order valence-corrected chi connectivity index (χ0v) is 15.1. The monoisotopic (exact) mass is 336 g/mol. The summed E-state index contributed by atoms with van der Waals surface area (Å²) in [6.07, 6.45) is 0.605. The zero-order chi connectivity index (χ0) is 18.1. The normalized spacial score (nSPS) is 18.6. The first-order valence-electron chi connectivity index (χ1n) is 8.61. The van der Waals surface area contributed by atoms with E-state index in [4.69, 9.17) is 0 Å². The Hall–Kier alpha value is -2.62. The van der Waals surface area contributed by atoms with Crippen LogP contribution in [-0.2, 0) is 9.59 Å². The Morgan fingerprint density at radius 3 is 2.12 bits per heavy atom. The number of amides is 2. The van der Waals surface area contributed by atoms with E-state index in [0.717, 1.165) is 28.1 Å². The van der Waals surface area contributed by atoms with Crippen molar-refractivity contribution < 1.29 is 9.59 Å². The van der Waals surface area contributed by atoms with Crippen LogP contribution in [0.1, 0.15) is 28.7 Å². The predicted octanol–water partition coefficient (Wildman–Crippen LogP) is 4.13. The summed E-state index contributed by atoms with van der Waals surface area (Å²) >= 11 is 0. The first kappa shape index (κ1) is 17.2. The molecule has 2 aromatic rings. The molecule has 1 aliphatic rings. The van der Waals surface area contributed by atoms with E-state index < -0.39 is 0 Å². The Balaban J connectivity index is 1.59. The number of carbonyl (C=O) groups excluding carboxylic acids is 2. The fraction of sp³-hybridized carbons (Fsp3) is 0.333. The highest BCUT2D eigenvalue weighted by Crippen LogP contribution is 2.40.